The molecule has 2 heterocycles. The van der Waals surface area contributed by atoms with Gasteiger partial charge in [0.15, 0.2) is 5.69 Å². The van der Waals surface area contributed by atoms with E-state index in [-0.39, 0.29) is 11.9 Å². The number of benzene rings is 1. The van der Waals surface area contributed by atoms with Gasteiger partial charge < -0.3 is 9.42 Å². The van der Waals surface area contributed by atoms with Crippen LogP contribution in [0, 0.1) is 5.92 Å². The van der Waals surface area contributed by atoms with E-state index in [4.69, 9.17) is 4.52 Å². The molecule has 0 N–H and O–H groups in total. The van der Waals surface area contributed by atoms with Crippen LogP contribution in [0.15, 0.2) is 40.9 Å². The van der Waals surface area contributed by atoms with Crippen molar-refractivity contribution < 1.29 is 9.32 Å². The van der Waals surface area contributed by atoms with Crippen LogP contribution >= 0.6 is 0 Å². The first-order valence-corrected chi connectivity index (χ1v) is 8.54. The first-order chi connectivity index (χ1) is 11.2. The van der Waals surface area contributed by atoms with E-state index in [0.717, 1.165) is 38.0 Å². The van der Waals surface area contributed by atoms with Crippen LogP contribution in [0.5, 0.6) is 0 Å². The fraction of sp³-hybridized carbons (Fsp3) is 0.474. The summed E-state index contributed by atoms with van der Waals surface area (Å²) in [5.41, 5.74) is 1.82. The minimum absolute atomic E-state index is 0.0173. The molecule has 4 rings (SSSR count). The van der Waals surface area contributed by atoms with Crippen LogP contribution in [0.3, 0.4) is 0 Å². The van der Waals surface area contributed by atoms with Gasteiger partial charge in [0, 0.05) is 24.6 Å². The summed E-state index contributed by atoms with van der Waals surface area (Å²) in [4.78, 5) is 14.7. The van der Waals surface area contributed by atoms with Crippen molar-refractivity contribution in [2.75, 3.05) is 6.54 Å². The Morgan fingerprint density at radius 3 is 2.78 bits per heavy atom. The van der Waals surface area contributed by atoms with Crippen LogP contribution in [-0.2, 0) is 6.42 Å². The standard InChI is InChI=1S/C19H22N2O2/c1-13-16(11-14-5-3-2-4-6-14)9-10-21(13)19(22)17-12-18(23-20-17)15-7-8-15/h2-6,12-13,15-16H,7-11H2,1H3. The lowest BCUT2D eigenvalue weighted by Gasteiger charge is -2.24. The Labute approximate surface area is 136 Å². The maximum absolute atomic E-state index is 12.7. The molecule has 23 heavy (non-hydrogen) atoms. The smallest absolute Gasteiger partial charge is 0.276 e. The zero-order chi connectivity index (χ0) is 15.8. The molecule has 2 atom stereocenters. The molecule has 1 aromatic carbocycles. The number of nitrogens with zero attached hydrogens (tertiary/aromatic N) is 2. The summed E-state index contributed by atoms with van der Waals surface area (Å²) in [5, 5.41) is 4.00. The van der Waals surface area contributed by atoms with Crippen LogP contribution in [0.2, 0.25) is 0 Å². The highest BCUT2D eigenvalue weighted by Crippen LogP contribution is 2.40. The zero-order valence-electron chi connectivity index (χ0n) is 13.4. The van der Waals surface area contributed by atoms with Gasteiger partial charge in [0.1, 0.15) is 5.76 Å². The molecule has 2 aromatic rings. The van der Waals surface area contributed by atoms with Gasteiger partial charge in [-0.3, -0.25) is 4.79 Å². The van der Waals surface area contributed by atoms with E-state index in [1.165, 1.54) is 5.56 Å². The SMILES string of the molecule is CC1C(Cc2ccccc2)CCN1C(=O)c1cc(C2CC2)on1. The van der Waals surface area contributed by atoms with Crippen molar-refractivity contribution in [1.29, 1.82) is 0 Å². The van der Waals surface area contributed by atoms with Crippen molar-refractivity contribution >= 4 is 5.91 Å². The topological polar surface area (TPSA) is 46.3 Å². The Morgan fingerprint density at radius 1 is 1.26 bits per heavy atom. The fourth-order valence-electron chi connectivity index (χ4n) is 3.58. The first kappa shape index (κ1) is 14.5. The lowest BCUT2D eigenvalue weighted by Crippen LogP contribution is -2.36. The molecule has 1 aromatic heterocycles. The second kappa shape index (κ2) is 5.84. The number of hydrogen-bond acceptors (Lipinski definition) is 3. The fourth-order valence-corrected chi connectivity index (χ4v) is 3.58. The quantitative estimate of drug-likeness (QED) is 0.866. The highest BCUT2D eigenvalue weighted by molar-refractivity contribution is 5.92. The summed E-state index contributed by atoms with van der Waals surface area (Å²) in [6.07, 6.45) is 4.39. The van der Waals surface area contributed by atoms with E-state index in [1.54, 1.807) is 0 Å². The highest BCUT2D eigenvalue weighted by atomic mass is 16.5. The third-order valence-electron chi connectivity index (χ3n) is 5.24. The number of hydrogen-bond donors (Lipinski definition) is 0. The molecule has 2 aliphatic rings. The zero-order valence-corrected chi connectivity index (χ0v) is 13.4. The molecule has 4 nitrogen and oxygen atoms in total. The molecule has 1 saturated carbocycles. The largest absolute Gasteiger partial charge is 0.360 e. The summed E-state index contributed by atoms with van der Waals surface area (Å²) in [7, 11) is 0. The summed E-state index contributed by atoms with van der Waals surface area (Å²) in [5.74, 6) is 1.90. The van der Waals surface area contributed by atoms with Crippen LogP contribution in [-0.4, -0.2) is 28.6 Å². The predicted octanol–water partition coefficient (Wildman–Crippen LogP) is 3.65. The van der Waals surface area contributed by atoms with Crippen LogP contribution in [0.1, 0.15) is 53.9 Å². The van der Waals surface area contributed by atoms with Gasteiger partial charge in [0.05, 0.1) is 0 Å². The Kier molecular flexibility index (Phi) is 3.68. The minimum atomic E-state index is 0.0173. The molecule has 0 spiro atoms. The molecular weight excluding hydrogens is 288 g/mol. The molecule has 1 aliphatic heterocycles. The van der Waals surface area contributed by atoms with Crippen molar-refractivity contribution in [3.05, 3.63) is 53.4 Å². The molecular formula is C19H22N2O2. The highest BCUT2D eigenvalue weighted by Gasteiger charge is 2.36. The normalized spacial score (nSPS) is 24.1. The predicted molar refractivity (Wildman–Crippen MR) is 87.2 cm³/mol. The lowest BCUT2D eigenvalue weighted by molar-refractivity contribution is 0.0721. The summed E-state index contributed by atoms with van der Waals surface area (Å²) < 4.78 is 5.33. The maximum atomic E-state index is 12.7. The van der Waals surface area contributed by atoms with Gasteiger partial charge in [-0.1, -0.05) is 35.5 Å². The van der Waals surface area contributed by atoms with Crippen molar-refractivity contribution in [3.63, 3.8) is 0 Å². The second-order valence-corrected chi connectivity index (χ2v) is 6.87. The maximum Gasteiger partial charge on any atom is 0.276 e. The Hall–Kier alpha value is -2.10. The van der Waals surface area contributed by atoms with Crippen LogP contribution in [0.4, 0.5) is 0 Å². The molecule has 0 radical (unpaired) electrons. The van der Waals surface area contributed by atoms with E-state index in [2.05, 4.69) is 36.3 Å². The van der Waals surface area contributed by atoms with Gasteiger partial charge in [-0.05, 0) is 44.1 Å². The molecule has 1 amide bonds. The molecule has 2 fully saturated rings. The molecule has 120 valence electrons. The van der Waals surface area contributed by atoms with Gasteiger partial charge in [-0.25, -0.2) is 0 Å². The van der Waals surface area contributed by atoms with Crippen molar-refractivity contribution in [3.8, 4) is 0 Å². The Morgan fingerprint density at radius 2 is 2.04 bits per heavy atom. The minimum Gasteiger partial charge on any atom is -0.360 e. The number of likely N-dealkylation sites (tertiary alicyclic amines) is 1. The average molecular weight is 310 g/mol. The van der Waals surface area contributed by atoms with E-state index < -0.39 is 0 Å². The third-order valence-corrected chi connectivity index (χ3v) is 5.24. The van der Waals surface area contributed by atoms with Gasteiger partial charge in [-0.15, -0.1) is 0 Å². The monoisotopic (exact) mass is 310 g/mol. The van der Waals surface area contributed by atoms with Gasteiger partial charge >= 0.3 is 0 Å². The second-order valence-electron chi connectivity index (χ2n) is 6.87. The molecule has 1 saturated heterocycles. The van der Waals surface area contributed by atoms with Crippen molar-refractivity contribution in [2.45, 2.75) is 44.6 Å². The van der Waals surface area contributed by atoms with Crippen LogP contribution in [0.25, 0.3) is 0 Å². The van der Waals surface area contributed by atoms with Gasteiger partial charge in [0.2, 0.25) is 0 Å². The van der Waals surface area contributed by atoms with E-state index in [9.17, 15) is 4.79 Å². The Bertz CT molecular complexity index is 690. The molecule has 4 heteroatoms. The number of carbonyl (C=O) groups is 1. The van der Waals surface area contributed by atoms with E-state index >= 15 is 0 Å². The average Bonchev–Trinajstić information content (AvgIpc) is 3.20. The van der Waals surface area contributed by atoms with Gasteiger partial charge in [-0.2, -0.15) is 0 Å². The van der Waals surface area contributed by atoms with Crippen molar-refractivity contribution in [2.24, 2.45) is 5.92 Å². The van der Waals surface area contributed by atoms with Crippen molar-refractivity contribution in [1.82, 2.24) is 10.1 Å². The number of carbonyl (C=O) groups excluding carboxylic acids is 1. The summed E-state index contributed by atoms with van der Waals surface area (Å²) in [6.45, 7) is 2.96. The Balaban J connectivity index is 1.43. The lowest BCUT2D eigenvalue weighted by atomic mass is 9.93. The number of amides is 1. The third kappa shape index (κ3) is 2.90. The summed E-state index contributed by atoms with van der Waals surface area (Å²) >= 11 is 0. The molecule has 2 unspecified atom stereocenters. The molecule has 1 aliphatic carbocycles. The van der Waals surface area contributed by atoms with Gasteiger partial charge in [0.25, 0.3) is 5.91 Å². The number of rotatable bonds is 4. The van der Waals surface area contributed by atoms with Crippen LogP contribution < -0.4 is 0 Å². The number of aromatic nitrogens is 1. The van der Waals surface area contributed by atoms with E-state index in [1.807, 2.05) is 17.0 Å². The van der Waals surface area contributed by atoms with E-state index in [0.29, 0.717) is 17.5 Å². The summed E-state index contributed by atoms with van der Waals surface area (Å²) in [6, 6.07) is 12.6. The first-order valence-electron chi connectivity index (χ1n) is 8.54. The molecule has 0 bridgehead atoms.